The first kappa shape index (κ1) is 18.1. The normalized spacial score (nSPS) is 16.4. The smallest absolute Gasteiger partial charge is 0.246 e. The van der Waals surface area contributed by atoms with Crippen molar-refractivity contribution in [2.45, 2.75) is 38.3 Å². The van der Waals surface area contributed by atoms with Crippen LogP contribution >= 0.6 is 0 Å². The number of piperidine rings is 1. The van der Waals surface area contributed by atoms with Crippen molar-refractivity contribution in [3.8, 4) is 0 Å². The van der Waals surface area contributed by atoms with Gasteiger partial charge in [-0.1, -0.05) is 6.07 Å². The Morgan fingerprint density at radius 1 is 1.19 bits per heavy atom. The second kappa shape index (κ2) is 7.68. The van der Waals surface area contributed by atoms with Gasteiger partial charge in [0.2, 0.25) is 11.9 Å². The van der Waals surface area contributed by atoms with Gasteiger partial charge in [-0.05, 0) is 51.0 Å². The van der Waals surface area contributed by atoms with Gasteiger partial charge in [-0.2, -0.15) is 0 Å². The lowest BCUT2D eigenvalue weighted by Gasteiger charge is -2.42. The summed E-state index contributed by atoms with van der Waals surface area (Å²) in [6, 6.07) is 8.03. The minimum absolute atomic E-state index is 0.0316. The van der Waals surface area contributed by atoms with Gasteiger partial charge in [-0.25, -0.2) is 14.4 Å². The first-order valence-electron chi connectivity index (χ1n) is 8.85. The van der Waals surface area contributed by atoms with Crippen LogP contribution in [0, 0.1) is 5.82 Å². The van der Waals surface area contributed by atoms with Crippen LogP contribution in [0.1, 0.15) is 26.7 Å². The average Bonchev–Trinajstić information content (AvgIpc) is 2.62. The second-order valence-corrected chi connectivity index (χ2v) is 6.88. The minimum Gasteiger partial charge on any atom is -0.371 e. The van der Waals surface area contributed by atoms with E-state index in [1.165, 1.54) is 12.1 Å². The number of hydrogen-bond acceptors (Lipinski definition) is 5. The molecule has 0 radical (unpaired) electrons. The summed E-state index contributed by atoms with van der Waals surface area (Å²) in [5.74, 6) is 0.269. The molecule has 0 atom stereocenters. The summed E-state index contributed by atoms with van der Waals surface area (Å²) < 4.78 is 13.6. The largest absolute Gasteiger partial charge is 0.371 e. The van der Waals surface area contributed by atoms with Crippen LogP contribution in [0.15, 0.2) is 42.7 Å². The number of halogens is 1. The molecule has 2 heterocycles. The molecular formula is C19H24FN5O. The Hall–Kier alpha value is -2.70. The molecule has 138 valence electrons. The molecule has 1 fully saturated rings. The molecule has 2 N–H and O–H groups in total. The minimum atomic E-state index is -0.788. The number of rotatable bonds is 5. The fraction of sp³-hybridized carbons (Fsp3) is 0.421. The molecule has 1 amide bonds. The van der Waals surface area contributed by atoms with Gasteiger partial charge >= 0.3 is 0 Å². The van der Waals surface area contributed by atoms with E-state index in [-0.39, 0.29) is 17.8 Å². The molecule has 6 nitrogen and oxygen atoms in total. The van der Waals surface area contributed by atoms with E-state index < -0.39 is 5.54 Å². The van der Waals surface area contributed by atoms with Gasteiger partial charge in [0.05, 0.1) is 0 Å². The van der Waals surface area contributed by atoms with Crippen molar-refractivity contribution in [1.82, 2.24) is 15.3 Å². The maximum Gasteiger partial charge on any atom is 0.246 e. The standard InChI is InChI=1S/C19H24FN5O/c1-14(2)23-17(26)19(24-16-6-3-5-15(20)13-16)7-11-25(12-8-19)18-21-9-4-10-22-18/h3-6,9-10,13-14,24H,7-8,11-12H2,1-2H3,(H,23,26). The summed E-state index contributed by atoms with van der Waals surface area (Å²) in [6.07, 6.45) is 4.56. The summed E-state index contributed by atoms with van der Waals surface area (Å²) in [5, 5.41) is 6.29. The Labute approximate surface area is 152 Å². The van der Waals surface area contributed by atoms with Crippen molar-refractivity contribution in [3.63, 3.8) is 0 Å². The maximum absolute atomic E-state index is 13.6. The summed E-state index contributed by atoms with van der Waals surface area (Å²) in [6.45, 7) is 5.14. The van der Waals surface area contributed by atoms with Gasteiger partial charge < -0.3 is 15.5 Å². The molecule has 7 heteroatoms. The number of carbonyl (C=O) groups is 1. The molecule has 2 aromatic rings. The Bertz CT molecular complexity index is 745. The zero-order chi connectivity index (χ0) is 18.6. The highest BCUT2D eigenvalue weighted by atomic mass is 19.1. The number of carbonyl (C=O) groups excluding carboxylic acids is 1. The van der Waals surface area contributed by atoms with Crippen molar-refractivity contribution >= 4 is 17.5 Å². The molecule has 0 unspecified atom stereocenters. The van der Waals surface area contributed by atoms with Crippen LogP contribution < -0.4 is 15.5 Å². The summed E-state index contributed by atoms with van der Waals surface area (Å²) >= 11 is 0. The van der Waals surface area contributed by atoms with Crippen LogP contribution in [-0.2, 0) is 4.79 Å². The van der Waals surface area contributed by atoms with Crippen LogP contribution in [0.3, 0.4) is 0 Å². The topological polar surface area (TPSA) is 70.2 Å². The fourth-order valence-corrected chi connectivity index (χ4v) is 3.19. The van der Waals surface area contributed by atoms with E-state index in [4.69, 9.17) is 0 Å². The first-order valence-corrected chi connectivity index (χ1v) is 8.85. The van der Waals surface area contributed by atoms with E-state index in [9.17, 15) is 9.18 Å². The lowest BCUT2D eigenvalue weighted by Crippen LogP contribution is -2.59. The van der Waals surface area contributed by atoms with Crippen molar-refractivity contribution < 1.29 is 9.18 Å². The molecule has 1 aliphatic heterocycles. The third-order valence-corrected chi connectivity index (χ3v) is 4.51. The van der Waals surface area contributed by atoms with E-state index >= 15 is 0 Å². The van der Waals surface area contributed by atoms with Crippen LogP contribution in [0.2, 0.25) is 0 Å². The molecule has 0 bridgehead atoms. The molecule has 1 saturated heterocycles. The van der Waals surface area contributed by atoms with Gasteiger partial charge in [-0.15, -0.1) is 0 Å². The monoisotopic (exact) mass is 357 g/mol. The zero-order valence-electron chi connectivity index (χ0n) is 15.1. The molecule has 0 spiro atoms. The van der Waals surface area contributed by atoms with Crippen molar-refractivity contribution in [2.24, 2.45) is 0 Å². The van der Waals surface area contributed by atoms with E-state index in [1.807, 2.05) is 13.8 Å². The zero-order valence-corrected chi connectivity index (χ0v) is 15.1. The molecule has 1 aromatic carbocycles. The van der Waals surface area contributed by atoms with Crippen LogP contribution in [0.5, 0.6) is 0 Å². The predicted octanol–water partition coefficient (Wildman–Crippen LogP) is 2.59. The van der Waals surface area contributed by atoms with Crippen molar-refractivity contribution in [2.75, 3.05) is 23.3 Å². The third kappa shape index (κ3) is 4.09. The summed E-state index contributed by atoms with van der Waals surface area (Å²) in [7, 11) is 0. The highest BCUT2D eigenvalue weighted by molar-refractivity contribution is 5.90. The van der Waals surface area contributed by atoms with Crippen molar-refractivity contribution in [3.05, 3.63) is 48.5 Å². The van der Waals surface area contributed by atoms with E-state index in [0.29, 0.717) is 37.6 Å². The molecule has 1 aliphatic rings. The lowest BCUT2D eigenvalue weighted by atomic mass is 9.85. The number of hydrogen-bond donors (Lipinski definition) is 2. The second-order valence-electron chi connectivity index (χ2n) is 6.88. The van der Waals surface area contributed by atoms with Crippen LogP contribution in [-0.4, -0.2) is 40.5 Å². The summed E-state index contributed by atoms with van der Waals surface area (Å²) in [5.41, 5.74) is -0.183. The fourth-order valence-electron chi connectivity index (χ4n) is 3.19. The molecule has 0 aliphatic carbocycles. The molecular weight excluding hydrogens is 333 g/mol. The van der Waals surface area contributed by atoms with E-state index in [2.05, 4.69) is 25.5 Å². The van der Waals surface area contributed by atoms with Crippen molar-refractivity contribution in [1.29, 1.82) is 0 Å². The van der Waals surface area contributed by atoms with E-state index in [0.717, 1.165) is 0 Å². The predicted molar refractivity (Wildman–Crippen MR) is 99.5 cm³/mol. The Balaban J connectivity index is 1.80. The number of benzene rings is 1. The molecule has 1 aromatic heterocycles. The molecule has 0 saturated carbocycles. The van der Waals surface area contributed by atoms with Gasteiger partial charge in [-0.3, -0.25) is 4.79 Å². The first-order chi connectivity index (χ1) is 12.5. The number of anilines is 2. The molecule has 3 rings (SSSR count). The average molecular weight is 357 g/mol. The molecule has 26 heavy (non-hydrogen) atoms. The SMILES string of the molecule is CC(C)NC(=O)C1(Nc2cccc(F)c2)CCN(c2ncccn2)CC1. The Morgan fingerprint density at radius 3 is 2.50 bits per heavy atom. The lowest BCUT2D eigenvalue weighted by molar-refractivity contribution is -0.126. The van der Waals surface area contributed by atoms with Gasteiger partial charge in [0.15, 0.2) is 0 Å². The van der Waals surface area contributed by atoms with Gasteiger partial charge in [0, 0.05) is 37.2 Å². The van der Waals surface area contributed by atoms with Crippen LogP contribution in [0.4, 0.5) is 16.0 Å². The Kier molecular flexibility index (Phi) is 5.35. The number of nitrogens with zero attached hydrogens (tertiary/aromatic N) is 3. The highest BCUT2D eigenvalue weighted by Gasteiger charge is 2.42. The quantitative estimate of drug-likeness (QED) is 0.861. The summed E-state index contributed by atoms with van der Waals surface area (Å²) in [4.78, 5) is 23.6. The Morgan fingerprint density at radius 2 is 1.88 bits per heavy atom. The van der Waals surface area contributed by atoms with Gasteiger partial charge in [0.25, 0.3) is 0 Å². The highest BCUT2D eigenvalue weighted by Crippen LogP contribution is 2.29. The van der Waals surface area contributed by atoms with E-state index in [1.54, 1.807) is 30.6 Å². The number of aromatic nitrogens is 2. The van der Waals surface area contributed by atoms with Crippen LogP contribution in [0.25, 0.3) is 0 Å². The number of amides is 1. The third-order valence-electron chi connectivity index (χ3n) is 4.51. The number of nitrogens with one attached hydrogen (secondary N) is 2. The van der Waals surface area contributed by atoms with Gasteiger partial charge in [0.1, 0.15) is 11.4 Å². The maximum atomic E-state index is 13.6.